The van der Waals surface area contributed by atoms with Gasteiger partial charge in [0.05, 0.1) is 13.0 Å². The second-order valence-electron chi connectivity index (χ2n) is 4.65. The van der Waals surface area contributed by atoms with Crippen molar-refractivity contribution in [2.24, 2.45) is 0 Å². The third kappa shape index (κ3) is 2.99. The molecule has 2 aromatic rings. The number of hydrogen-bond acceptors (Lipinski definition) is 3. The van der Waals surface area contributed by atoms with Gasteiger partial charge in [-0.1, -0.05) is 43.3 Å². The zero-order valence-electron chi connectivity index (χ0n) is 11.7. The molecule has 0 unspecified atom stereocenters. The predicted octanol–water partition coefficient (Wildman–Crippen LogP) is 3.73. The lowest BCUT2D eigenvalue weighted by atomic mass is 9.94. The normalized spacial score (nSPS) is 11.9. The Morgan fingerprint density at radius 2 is 1.55 bits per heavy atom. The van der Waals surface area contributed by atoms with Gasteiger partial charge in [0.1, 0.15) is 5.75 Å². The van der Waals surface area contributed by atoms with Crippen LogP contribution in [0.15, 0.2) is 48.5 Å². The van der Waals surface area contributed by atoms with Gasteiger partial charge in [-0.25, -0.2) is 0 Å². The fourth-order valence-corrected chi connectivity index (χ4v) is 2.24. The summed E-state index contributed by atoms with van der Waals surface area (Å²) in [7, 11) is 1.41. The number of esters is 1. The van der Waals surface area contributed by atoms with Crippen LogP contribution in [0.4, 0.5) is 0 Å². The molecule has 2 aromatic carbocycles. The average Bonchev–Trinajstić information content (AvgIpc) is 2.49. The van der Waals surface area contributed by atoms with Crippen molar-refractivity contribution in [3.8, 4) is 16.9 Å². The van der Waals surface area contributed by atoms with Crippen LogP contribution in [0.1, 0.15) is 24.8 Å². The van der Waals surface area contributed by atoms with Crippen LogP contribution in [0.5, 0.6) is 5.75 Å². The smallest absolute Gasteiger partial charge is 0.313 e. The van der Waals surface area contributed by atoms with E-state index in [-0.39, 0.29) is 17.6 Å². The Labute approximate surface area is 118 Å². The highest BCUT2D eigenvalue weighted by atomic mass is 16.5. The quantitative estimate of drug-likeness (QED) is 0.861. The first-order valence-electron chi connectivity index (χ1n) is 6.63. The van der Waals surface area contributed by atoms with Crippen molar-refractivity contribution in [1.82, 2.24) is 0 Å². The predicted molar refractivity (Wildman–Crippen MR) is 78.6 cm³/mol. The van der Waals surface area contributed by atoms with E-state index in [1.807, 2.05) is 43.3 Å². The molecule has 0 spiro atoms. The maximum Gasteiger partial charge on any atom is 0.313 e. The van der Waals surface area contributed by atoms with Crippen molar-refractivity contribution in [2.75, 3.05) is 7.11 Å². The summed E-state index contributed by atoms with van der Waals surface area (Å²) in [6.07, 6.45) is 0.714. The molecule has 0 radical (unpaired) electrons. The molecule has 1 atom stereocenters. The molecule has 0 aliphatic rings. The largest absolute Gasteiger partial charge is 0.508 e. The summed E-state index contributed by atoms with van der Waals surface area (Å²) in [6.45, 7) is 1.97. The topological polar surface area (TPSA) is 46.5 Å². The molecule has 0 amide bonds. The van der Waals surface area contributed by atoms with Gasteiger partial charge < -0.3 is 9.84 Å². The van der Waals surface area contributed by atoms with Crippen LogP contribution in [-0.4, -0.2) is 18.2 Å². The summed E-state index contributed by atoms with van der Waals surface area (Å²) in [4.78, 5) is 11.7. The Balaban J connectivity index is 2.25. The fourth-order valence-electron chi connectivity index (χ4n) is 2.24. The van der Waals surface area contributed by atoms with Crippen LogP contribution in [-0.2, 0) is 9.53 Å². The molecule has 20 heavy (non-hydrogen) atoms. The Bertz CT molecular complexity index is 570. The van der Waals surface area contributed by atoms with Crippen LogP contribution in [0.25, 0.3) is 11.1 Å². The molecule has 0 aliphatic carbocycles. The van der Waals surface area contributed by atoms with E-state index >= 15 is 0 Å². The van der Waals surface area contributed by atoms with E-state index in [2.05, 4.69) is 0 Å². The lowest BCUT2D eigenvalue weighted by Crippen LogP contribution is -2.13. The highest BCUT2D eigenvalue weighted by molar-refractivity contribution is 5.78. The van der Waals surface area contributed by atoms with Crippen LogP contribution in [0.3, 0.4) is 0 Å². The highest BCUT2D eigenvalue weighted by Gasteiger charge is 2.18. The minimum atomic E-state index is -0.214. The molecule has 0 saturated heterocycles. The molecule has 1 N–H and O–H groups in total. The van der Waals surface area contributed by atoms with Gasteiger partial charge in [0.25, 0.3) is 0 Å². The van der Waals surface area contributed by atoms with E-state index in [1.54, 1.807) is 12.1 Å². The standard InChI is InChI=1S/C17H18O3/c1-3-16(17(19)20-2)14-6-4-12(5-7-14)13-8-10-15(18)11-9-13/h4-11,16,18H,3H2,1-2H3/t16-/m0/s1. The molecule has 104 valence electrons. The third-order valence-electron chi connectivity index (χ3n) is 3.41. The van der Waals surface area contributed by atoms with Crippen molar-refractivity contribution in [2.45, 2.75) is 19.3 Å². The number of methoxy groups -OCH3 is 1. The van der Waals surface area contributed by atoms with Crippen LogP contribution < -0.4 is 0 Å². The molecule has 0 fully saturated rings. The van der Waals surface area contributed by atoms with Gasteiger partial charge >= 0.3 is 5.97 Å². The van der Waals surface area contributed by atoms with E-state index in [1.165, 1.54) is 7.11 Å². The molecule has 3 heteroatoms. The van der Waals surface area contributed by atoms with Crippen molar-refractivity contribution >= 4 is 5.97 Å². The number of phenolic OH excluding ortho intramolecular Hbond substituents is 1. The van der Waals surface area contributed by atoms with Crippen LogP contribution in [0, 0.1) is 0 Å². The van der Waals surface area contributed by atoms with E-state index in [4.69, 9.17) is 4.74 Å². The third-order valence-corrected chi connectivity index (χ3v) is 3.41. The summed E-state index contributed by atoms with van der Waals surface area (Å²) >= 11 is 0. The minimum Gasteiger partial charge on any atom is -0.508 e. The molecule has 0 heterocycles. The maximum atomic E-state index is 11.7. The van der Waals surface area contributed by atoms with Crippen LogP contribution in [0.2, 0.25) is 0 Å². The number of rotatable bonds is 4. The summed E-state index contributed by atoms with van der Waals surface area (Å²) < 4.78 is 4.82. The van der Waals surface area contributed by atoms with Crippen molar-refractivity contribution in [3.05, 3.63) is 54.1 Å². The van der Waals surface area contributed by atoms with Gasteiger partial charge in [0, 0.05) is 0 Å². The molecular formula is C17H18O3. The zero-order valence-corrected chi connectivity index (χ0v) is 11.7. The summed E-state index contributed by atoms with van der Waals surface area (Å²) in [6, 6.07) is 14.9. The zero-order chi connectivity index (χ0) is 14.5. The molecular weight excluding hydrogens is 252 g/mol. The number of aromatic hydroxyl groups is 1. The Morgan fingerprint density at radius 3 is 2.00 bits per heavy atom. The summed E-state index contributed by atoms with van der Waals surface area (Å²) in [5, 5.41) is 9.29. The van der Waals surface area contributed by atoms with Gasteiger partial charge in [-0.2, -0.15) is 0 Å². The summed E-state index contributed by atoms with van der Waals surface area (Å²) in [5.74, 6) is -0.166. The lowest BCUT2D eigenvalue weighted by molar-refractivity contribution is -0.142. The number of hydrogen-bond donors (Lipinski definition) is 1. The fraction of sp³-hybridized carbons (Fsp3) is 0.235. The number of carbonyl (C=O) groups is 1. The second-order valence-corrected chi connectivity index (χ2v) is 4.65. The van der Waals surface area contributed by atoms with Gasteiger partial charge in [-0.3, -0.25) is 4.79 Å². The van der Waals surface area contributed by atoms with Crippen molar-refractivity contribution in [1.29, 1.82) is 0 Å². The van der Waals surface area contributed by atoms with E-state index in [9.17, 15) is 9.90 Å². The Morgan fingerprint density at radius 1 is 1.05 bits per heavy atom. The highest BCUT2D eigenvalue weighted by Crippen LogP contribution is 2.26. The SMILES string of the molecule is CC[C@H](C(=O)OC)c1ccc(-c2ccc(O)cc2)cc1. The number of phenols is 1. The van der Waals surface area contributed by atoms with Gasteiger partial charge in [0.2, 0.25) is 0 Å². The maximum absolute atomic E-state index is 11.7. The average molecular weight is 270 g/mol. The number of ether oxygens (including phenoxy) is 1. The summed E-state index contributed by atoms with van der Waals surface area (Å²) in [5.41, 5.74) is 3.04. The number of carbonyl (C=O) groups excluding carboxylic acids is 1. The first-order valence-corrected chi connectivity index (χ1v) is 6.63. The van der Waals surface area contributed by atoms with Crippen molar-refractivity contribution < 1.29 is 14.6 Å². The Kier molecular flexibility index (Phi) is 4.41. The molecule has 2 rings (SSSR count). The molecule has 0 bridgehead atoms. The molecule has 0 aromatic heterocycles. The van der Waals surface area contributed by atoms with E-state index in [0.29, 0.717) is 6.42 Å². The Hall–Kier alpha value is -2.29. The first kappa shape index (κ1) is 14.1. The van der Waals surface area contributed by atoms with Gasteiger partial charge in [0.15, 0.2) is 0 Å². The first-order chi connectivity index (χ1) is 9.65. The minimum absolute atomic E-state index is 0.204. The lowest BCUT2D eigenvalue weighted by Gasteiger charge is -2.13. The van der Waals surface area contributed by atoms with E-state index < -0.39 is 0 Å². The van der Waals surface area contributed by atoms with Gasteiger partial charge in [-0.15, -0.1) is 0 Å². The van der Waals surface area contributed by atoms with Crippen molar-refractivity contribution in [3.63, 3.8) is 0 Å². The monoisotopic (exact) mass is 270 g/mol. The van der Waals surface area contributed by atoms with E-state index in [0.717, 1.165) is 16.7 Å². The molecule has 0 aliphatic heterocycles. The van der Waals surface area contributed by atoms with Crippen LogP contribution >= 0.6 is 0 Å². The molecule has 3 nitrogen and oxygen atoms in total. The van der Waals surface area contributed by atoms with Gasteiger partial charge in [-0.05, 0) is 35.2 Å². The number of benzene rings is 2. The second kappa shape index (κ2) is 6.24. The molecule has 0 saturated carbocycles.